The maximum Gasteiger partial charge on any atom is 0.224 e. The van der Waals surface area contributed by atoms with Crippen LogP contribution in [0.15, 0.2) is 6.20 Å². The molecule has 0 spiro atoms. The number of methoxy groups -OCH3 is 1. The zero-order chi connectivity index (χ0) is 12.7. The van der Waals surface area contributed by atoms with E-state index in [1.54, 1.807) is 13.3 Å². The summed E-state index contributed by atoms with van der Waals surface area (Å²) in [5.74, 6) is 1.22. The van der Waals surface area contributed by atoms with Crippen LogP contribution < -0.4 is 10.6 Å². The minimum atomic E-state index is 0.196. The lowest BCUT2D eigenvalue weighted by Crippen LogP contribution is -2.25. The molecule has 0 radical (unpaired) electrons. The van der Waals surface area contributed by atoms with Crippen molar-refractivity contribution < 1.29 is 4.74 Å². The molecule has 0 aromatic carbocycles. The Morgan fingerprint density at radius 1 is 1.47 bits per heavy atom. The van der Waals surface area contributed by atoms with Gasteiger partial charge in [0.15, 0.2) is 5.82 Å². The highest BCUT2D eigenvalue weighted by Gasteiger charge is 2.10. The normalized spacial score (nSPS) is 12.2. The SMILES string of the molecule is CCNc1ncc(Cl)c(NC(CC)COC)n1. The third kappa shape index (κ3) is 4.36. The van der Waals surface area contributed by atoms with E-state index in [1.165, 1.54) is 0 Å². The maximum atomic E-state index is 6.04. The number of rotatable bonds is 7. The van der Waals surface area contributed by atoms with Gasteiger partial charge in [0.1, 0.15) is 5.02 Å². The summed E-state index contributed by atoms with van der Waals surface area (Å²) in [6.07, 6.45) is 2.53. The second-order valence-corrected chi connectivity index (χ2v) is 4.03. The Morgan fingerprint density at radius 2 is 2.24 bits per heavy atom. The van der Waals surface area contributed by atoms with Crippen LogP contribution in [-0.4, -0.2) is 36.3 Å². The molecule has 1 aromatic rings. The topological polar surface area (TPSA) is 59.1 Å². The van der Waals surface area contributed by atoms with E-state index < -0.39 is 0 Å². The first-order valence-corrected chi connectivity index (χ1v) is 6.10. The van der Waals surface area contributed by atoms with E-state index in [-0.39, 0.29) is 6.04 Å². The molecule has 0 amide bonds. The molecule has 0 fully saturated rings. The van der Waals surface area contributed by atoms with Crippen molar-refractivity contribution in [3.05, 3.63) is 11.2 Å². The molecule has 1 unspecified atom stereocenters. The smallest absolute Gasteiger partial charge is 0.224 e. The van der Waals surface area contributed by atoms with Crippen molar-refractivity contribution in [3.8, 4) is 0 Å². The van der Waals surface area contributed by atoms with E-state index in [1.807, 2.05) is 6.92 Å². The van der Waals surface area contributed by atoms with Crippen LogP contribution in [0.3, 0.4) is 0 Å². The molecule has 5 nitrogen and oxygen atoms in total. The van der Waals surface area contributed by atoms with Crippen LogP contribution in [0.25, 0.3) is 0 Å². The highest BCUT2D eigenvalue weighted by atomic mass is 35.5. The van der Waals surface area contributed by atoms with Crippen LogP contribution in [0.5, 0.6) is 0 Å². The molecular weight excluding hydrogens is 240 g/mol. The Balaban J connectivity index is 2.76. The lowest BCUT2D eigenvalue weighted by atomic mass is 10.2. The Hall–Kier alpha value is -1.07. The zero-order valence-corrected chi connectivity index (χ0v) is 11.2. The van der Waals surface area contributed by atoms with Crippen LogP contribution in [0, 0.1) is 0 Å². The quantitative estimate of drug-likeness (QED) is 0.787. The van der Waals surface area contributed by atoms with Gasteiger partial charge in [0.25, 0.3) is 0 Å². The van der Waals surface area contributed by atoms with E-state index in [0.717, 1.165) is 13.0 Å². The molecule has 0 saturated carbocycles. The van der Waals surface area contributed by atoms with Gasteiger partial charge in [0.2, 0.25) is 5.95 Å². The summed E-state index contributed by atoms with van der Waals surface area (Å²) in [7, 11) is 1.68. The summed E-state index contributed by atoms with van der Waals surface area (Å²) < 4.78 is 5.12. The molecule has 0 aliphatic heterocycles. The summed E-state index contributed by atoms with van der Waals surface area (Å²) in [4.78, 5) is 8.39. The predicted octanol–water partition coefficient (Wildman–Crippen LogP) is 2.40. The number of anilines is 2. The highest BCUT2D eigenvalue weighted by Crippen LogP contribution is 2.20. The number of aromatic nitrogens is 2. The molecule has 96 valence electrons. The van der Waals surface area contributed by atoms with Crippen LogP contribution in [-0.2, 0) is 4.74 Å². The van der Waals surface area contributed by atoms with Crippen LogP contribution in [0.4, 0.5) is 11.8 Å². The highest BCUT2D eigenvalue weighted by molar-refractivity contribution is 6.32. The predicted molar refractivity (Wildman–Crippen MR) is 70.8 cm³/mol. The van der Waals surface area contributed by atoms with Crippen molar-refractivity contribution in [2.75, 3.05) is 30.9 Å². The zero-order valence-electron chi connectivity index (χ0n) is 10.5. The molecule has 0 aliphatic carbocycles. The van der Waals surface area contributed by atoms with E-state index in [0.29, 0.717) is 23.4 Å². The van der Waals surface area contributed by atoms with E-state index >= 15 is 0 Å². The molecule has 1 rings (SSSR count). The Bertz CT molecular complexity index is 348. The standard InChI is InChI=1S/C11H19ClN4O/c1-4-8(7-17-3)15-10-9(12)6-14-11(16-10)13-5-2/h6,8H,4-5,7H2,1-3H3,(H2,13,14,15,16). The fourth-order valence-corrected chi connectivity index (χ4v) is 1.51. The number of nitrogens with one attached hydrogen (secondary N) is 2. The number of nitrogens with zero attached hydrogens (tertiary/aromatic N) is 2. The number of ether oxygens (including phenoxy) is 1. The molecule has 17 heavy (non-hydrogen) atoms. The molecule has 2 N–H and O–H groups in total. The number of hydrogen-bond donors (Lipinski definition) is 2. The molecule has 0 aliphatic rings. The molecule has 1 atom stereocenters. The summed E-state index contributed by atoms with van der Waals surface area (Å²) in [6.45, 7) is 5.46. The van der Waals surface area contributed by atoms with Gasteiger partial charge in [-0.1, -0.05) is 18.5 Å². The largest absolute Gasteiger partial charge is 0.383 e. The van der Waals surface area contributed by atoms with Gasteiger partial charge in [-0.05, 0) is 13.3 Å². The van der Waals surface area contributed by atoms with E-state index in [2.05, 4.69) is 27.5 Å². The third-order valence-electron chi connectivity index (χ3n) is 2.28. The van der Waals surface area contributed by atoms with E-state index in [9.17, 15) is 0 Å². The summed E-state index contributed by atoms with van der Waals surface area (Å²) in [5, 5.41) is 6.81. The average molecular weight is 259 g/mol. The minimum Gasteiger partial charge on any atom is -0.383 e. The second-order valence-electron chi connectivity index (χ2n) is 3.63. The molecule has 1 heterocycles. The van der Waals surface area contributed by atoms with Crippen LogP contribution >= 0.6 is 11.6 Å². The van der Waals surface area contributed by atoms with Gasteiger partial charge < -0.3 is 15.4 Å². The van der Waals surface area contributed by atoms with Crippen molar-refractivity contribution in [3.63, 3.8) is 0 Å². The minimum absolute atomic E-state index is 0.196. The second kappa shape index (κ2) is 7.29. The van der Waals surface area contributed by atoms with Crippen molar-refractivity contribution >= 4 is 23.4 Å². The first-order valence-electron chi connectivity index (χ1n) is 5.73. The van der Waals surface area contributed by atoms with Gasteiger partial charge in [0.05, 0.1) is 18.8 Å². The van der Waals surface area contributed by atoms with Gasteiger partial charge >= 0.3 is 0 Å². The van der Waals surface area contributed by atoms with Crippen LogP contribution in [0.2, 0.25) is 5.02 Å². The van der Waals surface area contributed by atoms with Crippen molar-refractivity contribution in [1.82, 2.24) is 9.97 Å². The maximum absolute atomic E-state index is 6.04. The van der Waals surface area contributed by atoms with E-state index in [4.69, 9.17) is 16.3 Å². The molecule has 1 aromatic heterocycles. The molecule has 0 bridgehead atoms. The first kappa shape index (κ1) is 14.0. The lowest BCUT2D eigenvalue weighted by molar-refractivity contribution is 0.184. The number of halogens is 1. The fourth-order valence-electron chi connectivity index (χ4n) is 1.37. The van der Waals surface area contributed by atoms with Gasteiger partial charge in [-0.3, -0.25) is 0 Å². The average Bonchev–Trinajstić information content (AvgIpc) is 2.33. The fraction of sp³-hybridized carbons (Fsp3) is 0.636. The Labute approximate surface area is 107 Å². The monoisotopic (exact) mass is 258 g/mol. The molecule has 0 saturated heterocycles. The first-order chi connectivity index (χ1) is 8.21. The number of hydrogen-bond acceptors (Lipinski definition) is 5. The molecular formula is C11H19ClN4O. The summed E-state index contributed by atoms with van der Waals surface area (Å²) in [5.41, 5.74) is 0. The lowest BCUT2D eigenvalue weighted by Gasteiger charge is -2.17. The van der Waals surface area contributed by atoms with Gasteiger partial charge in [0, 0.05) is 13.7 Å². The molecule has 6 heteroatoms. The van der Waals surface area contributed by atoms with Crippen molar-refractivity contribution in [2.45, 2.75) is 26.3 Å². The van der Waals surface area contributed by atoms with Crippen LogP contribution in [0.1, 0.15) is 20.3 Å². The van der Waals surface area contributed by atoms with Crippen molar-refractivity contribution in [1.29, 1.82) is 0 Å². The summed E-state index contributed by atoms with van der Waals surface area (Å²) >= 11 is 6.04. The summed E-state index contributed by atoms with van der Waals surface area (Å²) in [6, 6.07) is 0.196. The van der Waals surface area contributed by atoms with Gasteiger partial charge in [-0.15, -0.1) is 0 Å². The van der Waals surface area contributed by atoms with Crippen molar-refractivity contribution in [2.24, 2.45) is 0 Å². The Morgan fingerprint density at radius 3 is 2.82 bits per heavy atom. The van der Waals surface area contributed by atoms with Gasteiger partial charge in [-0.2, -0.15) is 4.98 Å². The third-order valence-corrected chi connectivity index (χ3v) is 2.56. The Kier molecular flexibility index (Phi) is 6.00. The van der Waals surface area contributed by atoms with Gasteiger partial charge in [-0.25, -0.2) is 4.98 Å².